The fourth-order valence-corrected chi connectivity index (χ4v) is 1.02. The molecular formula is C6H4Cl2N2O. The number of aryl methyl sites for hydroxylation is 1. The minimum atomic E-state index is -0.644. The first-order chi connectivity index (χ1) is 5.11. The van der Waals surface area contributed by atoms with Crippen LogP contribution in [0.1, 0.15) is 16.2 Å². The van der Waals surface area contributed by atoms with Crippen molar-refractivity contribution in [2.45, 2.75) is 6.92 Å². The highest BCUT2D eigenvalue weighted by atomic mass is 35.5. The van der Waals surface area contributed by atoms with Gasteiger partial charge in [0.25, 0.3) is 5.24 Å². The first-order valence-corrected chi connectivity index (χ1v) is 3.56. The summed E-state index contributed by atoms with van der Waals surface area (Å²) < 4.78 is 0. The summed E-state index contributed by atoms with van der Waals surface area (Å²) in [6, 6.07) is 0. The molecule has 0 saturated heterocycles. The van der Waals surface area contributed by atoms with Gasteiger partial charge < -0.3 is 0 Å². The standard InChI is InChI=1S/C6H4Cl2N2O/c1-3-9-2-4(6(8)11)5(7)10-3/h2H,1H3. The van der Waals surface area contributed by atoms with E-state index in [1.807, 2.05) is 0 Å². The third kappa shape index (κ3) is 1.88. The van der Waals surface area contributed by atoms with E-state index in [1.165, 1.54) is 6.20 Å². The molecule has 3 nitrogen and oxygen atoms in total. The first kappa shape index (κ1) is 8.43. The number of hydrogen-bond acceptors (Lipinski definition) is 3. The molecule has 11 heavy (non-hydrogen) atoms. The van der Waals surface area contributed by atoms with Gasteiger partial charge in [-0.2, -0.15) is 0 Å². The van der Waals surface area contributed by atoms with Crippen molar-refractivity contribution in [2.75, 3.05) is 0 Å². The largest absolute Gasteiger partial charge is 0.275 e. The molecule has 1 heterocycles. The summed E-state index contributed by atoms with van der Waals surface area (Å²) in [6.07, 6.45) is 1.31. The van der Waals surface area contributed by atoms with Gasteiger partial charge in [-0.15, -0.1) is 0 Å². The van der Waals surface area contributed by atoms with E-state index in [4.69, 9.17) is 23.2 Å². The molecule has 0 amide bonds. The lowest BCUT2D eigenvalue weighted by Crippen LogP contribution is -1.96. The van der Waals surface area contributed by atoms with Crippen molar-refractivity contribution in [3.05, 3.63) is 22.7 Å². The van der Waals surface area contributed by atoms with E-state index in [0.717, 1.165) is 0 Å². The van der Waals surface area contributed by atoms with Crippen molar-refractivity contribution < 1.29 is 4.79 Å². The van der Waals surface area contributed by atoms with Crippen LogP contribution in [-0.2, 0) is 0 Å². The molecule has 0 atom stereocenters. The molecule has 0 unspecified atom stereocenters. The monoisotopic (exact) mass is 190 g/mol. The van der Waals surface area contributed by atoms with E-state index >= 15 is 0 Å². The van der Waals surface area contributed by atoms with E-state index in [0.29, 0.717) is 5.82 Å². The highest BCUT2D eigenvalue weighted by Crippen LogP contribution is 2.13. The summed E-state index contributed by atoms with van der Waals surface area (Å²) in [5, 5.41) is -0.549. The van der Waals surface area contributed by atoms with E-state index in [2.05, 4.69) is 9.97 Å². The third-order valence-corrected chi connectivity index (χ3v) is 1.57. The number of aromatic nitrogens is 2. The number of hydrogen-bond donors (Lipinski definition) is 0. The lowest BCUT2D eigenvalue weighted by molar-refractivity contribution is 0.108. The minimum Gasteiger partial charge on any atom is -0.275 e. The lowest BCUT2D eigenvalue weighted by atomic mass is 10.4. The van der Waals surface area contributed by atoms with Gasteiger partial charge >= 0.3 is 0 Å². The van der Waals surface area contributed by atoms with Crippen molar-refractivity contribution in [1.29, 1.82) is 0 Å². The molecule has 1 aromatic heterocycles. The topological polar surface area (TPSA) is 42.9 Å². The van der Waals surface area contributed by atoms with Gasteiger partial charge in [0.15, 0.2) is 0 Å². The van der Waals surface area contributed by atoms with Crippen LogP contribution in [0.5, 0.6) is 0 Å². The van der Waals surface area contributed by atoms with Gasteiger partial charge in [0.05, 0.1) is 5.56 Å². The van der Waals surface area contributed by atoms with Gasteiger partial charge in [0.2, 0.25) is 0 Å². The van der Waals surface area contributed by atoms with Crippen LogP contribution in [0.25, 0.3) is 0 Å². The Morgan fingerprint density at radius 3 is 2.73 bits per heavy atom. The predicted molar refractivity (Wildman–Crippen MR) is 42.0 cm³/mol. The quantitative estimate of drug-likeness (QED) is 0.502. The summed E-state index contributed by atoms with van der Waals surface area (Å²) in [6.45, 7) is 1.67. The molecule has 0 aliphatic carbocycles. The second-order valence-corrected chi connectivity index (χ2v) is 2.60. The molecule has 0 radical (unpaired) electrons. The molecule has 5 heteroatoms. The van der Waals surface area contributed by atoms with Crippen LogP contribution < -0.4 is 0 Å². The Morgan fingerprint density at radius 2 is 2.27 bits per heavy atom. The van der Waals surface area contributed by atoms with Crippen LogP contribution in [0.2, 0.25) is 5.15 Å². The number of carbonyl (C=O) groups excluding carboxylic acids is 1. The summed E-state index contributed by atoms with van der Waals surface area (Å²) in [4.78, 5) is 18.1. The molecule has 0 fully saturated rings. The summed E-state index contributed by atoms with van der Waals surface area (Å²) >= 11 is 10.7. The highest BCUT2D eigenvalue weighted by Gasteiger charge is 2.08. The first-order valence-electron chi connectivity index (χ1n) is 2.80. The fourth-order valence-electron chi connectivity index (χ4n) is 0.574. The minimum absolute atomic E-state index is 0.0949. The van der Waals surface area contributed by atoms with Gasteiger partial charge in [-0.05, 0) is 18.5 Å². The molecule has 0 saturated carbocycles. The van der Waals surface area contributed by atoms with Crippen LogP contribution in [-0.4, -0.2) is 15.2 Å². The van der Waals surface area contributed by atoms with Crippen molar-refractivity contribution in [2.24, 2.45) is 0 Å². The smallest absolute Gasteiger partial charge is 0.257 e. The molecular weight excluding hydrogens is 187 g/mol. The molecule has 0 N–H and O–H groups in total. The molecule has 0 spiro atoms. The highest BCUT2D eigenvalue weighted by molar-refractivity contribution is 6.68. The van der Waals surface area contributed by atoms with E-state index in [9.17, 15) is 4.79 Å². The third-order valence-electron chi connectivity index (χ3n) is 1.07. The SMILES string of the molecule is Cc1ncc(C(=O)Cl)c(Cl)n1. The van der Waals surface area contributed by atoms with Crippen LogP contribution in [0.15, 0.2) is 6.20 Å². The van der Waals surface area contributed by atoms with Gasteiger partial charge in [0.1, 0.15) is 11.0 Å². The van der Waals surface area contributed by atoms with Gasteiger partial charge in [0, 0.05) is 6.20 Å². The van der Waals surface area contributed by atoms with Gasteiger partial charge in [-0.3, -0.25) is 4.79 Å². The molecule has 0 aliphatic heterocycles. The van der Waals surface area contributed by atoms with Gasteiger partial charge in [-0.1, -0.05) is 11.6 Å². The average molecular weight is 191 g/mol. The number of halogens is 2. The zero-order valence-corrected chi connectivity index (χ0v) is 7.15. The normalized spacial score (nSPS) is 9.73. The maximum atomic E-state index is 10.6. The predicted octanol–water partition coefficient (Wildman–Crippen LogP) is 1.82. The molecule has 0 aromatic carbocycles. The Hall–Kier alpha value is -0.670. The average Bonchev–Trinajstić information content (AvgIpc) is 1.85. The van der Waals surface area contributed by atoms with E-state index < -0.39 is 5.24 Å². The maximum absolute atomic E-state index is 10.6. The Kier molecular flexibility index (Phi) is 2.42. The number of nitrogens with zero attached hydrogens (tertiary/aromatic N) is 2. The van der Waals surface area contributed by atoms with Gasteiger partial charge in [-0.25, -0.2) is 9.97 Å². The van der Waals surface area contributed by atoms with Crippen molar-refractivity contribution in [1.82, 2.24) is 9.97 Å². The Morgan fingerprint density at radius 1 is 1.64 bits per heavy atom. The molecule has 0 bridgehead atoms. The summed E-state index contributed by atoms with van der Waals surface area (Å²) in [7, 11) is 0. The molecule has 1 aromatic rings. The maximum Gasteiger partial charge on any atom is 0.257 e. The Bertz CT molecular complexity index is 301. The lowest BCUT2D eigenvalue weighted by Gasteiger charge is -1.96. The zero-order chi connectivity index (χ0) is 8.43. The Balaban J connectivity index is 3.20. The van der Waals surface area contributed by atoms with Crippen LogP contribution >= 0.6 is 23.2 Å². The second-order valence-electron chi connectivity index (χ2n) is 1.90. The molecule has 1 rings (SSSR count). The summed E-state index contributed by atoms with van der Waals surface area (Å²) in [5.74, 6) is 0.511. The van der Waals surface area contributed by atoms with E-state index in [-0.39, 0.29) is 10.7 Å². The van der Waals surface area contributed by atoms with Crippen LogP contribution in [0, 0.1) is 6.92 Å². The fraction of sp³-hybridized carbons (Fsp3) is 0.167. The second kappa shape index (κ2) is 3.15. The molecule has 58 valence electrons. The van der Waals surface area contributed by atoms with E-state index in [1.54, 1.807) is 6.92 Å². The van der Waals surface area contributed by atoms with Crippen LogP contribution in [0.4, 0.5) is 0 Å². The Labute approximate surface area is 73.4 Å². The van der Waals surface area contributed by atoms with Crippen molar-refractivity contribution in [3.8, 4) is 0 Å². The molecule has 0 aliphatic rings. The zero-order valence-electron chi connectivity index (χ0n) is 5.64. The van der Waals surface area contributed by atoms with Crippen molar-refractivity contribution in [3.63, 3.8) is 0 Å². The number of rotatable bonds is 1. The number of carbonyl (C=O) groups is 1. The summed E-state index contributed by atoms with van der Waals surface area (Å²) in [5.41, 5.74) is 0.138. The van der Waals surface area contributed by atoms with Crippen molar-refractivity contribution >= 4 is 28.4 Å². The van der Waals surface area contributed by atoms with Crippen LogP contribution in [0.3, 0.4) is 0 Å².